The van der Waals surface area contributed by atoms with Crippen molar-refractivity contribution < 1.29 is 23.8 Å². The molecule has 1 aliphatic heterocycles. The number of anilines is 1. The van der Waals surface area contributed by atoms with Gasteiger partial charge >= 0.3 is 0 Å². The van der Waals surface area contributed by atoms with E-state index < -0.39 is 0 Å². The highest BCUT2D eigenvalue weighted by molar-refractivity contribution is 6.36. The third kappa shape index (κ3) is 4.62. The Bertz CT molecular complexity index is 1000. The summed E-state index contributed by atoms with van der Waals surface area (Å²) in [5.74, 6) is 0.353. The zero-order valence-electron chi connectivity index (χ0n) is 19.3. The molecule has 0 bridgehead atoms. The Balaban J connectivity index is 2.11. The molecule has 170 valence electrons. The fourth-order valence-electron chi connectivity index (χ4n) is 3.73. The Hall–Kier alpha value is -3.32. The summed E-state index contributed by atoms with van der Waals surface area (Å²) in [4.78, 5) is 30.2. The highest BCUT2D eigenvalue weighted by Gasteiger charge is 2.41. The fraction of sp³-hybridized carbons (Fsp3) is 0.360. The molecule has 0 fully saturated rings. The summed E-state index contributed by atoms with van der Waals surface area (Å²) in [7, 11) is 3.09. The Morgan fingerprint density at radius 2 is 1.62 bits per heavy atom. The van der Waals surface area contributed by atoms with Gasteiger partial charge in [0, 0.05) is 12.2 Å². The average Bonchev–Trinajstić information content (AvgIpc) is 3.04. The minimum Gasteiger partial charge on any atom is -0.493 e. The van der Waals surface area contributed by atoms with E-state index in [4.69, 9.17) is 14.2 Å². The molecule has 0 radical (unpaired) electrons. The maximum Gasteiger partial charge on any atom is 0.278 e. The van der Waals surface area contributed by atoms with Crippen molar-refractivity contribution in [1.29, 1.82) is 0 Å². The van der Waals surface area contributed by atoms with Crippen LogP contribution < -0.4 is 14.4 Å². The predicted molar refractivity (Wildman–Crippen MR) is 124 cm³/mol. The Kier molecular flexibility index (Phi) is 7.53. The molecule has 0 saturated carbocycles. The number of hydrogen-bond donors (Lipinski definition) is 0. The lowest BCUT2D eigenvalue weighted by Crippen LogP contribution is -2.37. The van der Waals surface area contributed by atoms with Crippen molar-refractivity contribution in [3.8, 4) is 11.5 Å². The molecule has 1 aliphatic rings. The second kappa shape index (κ2) is 10.3. The van der Waals surface area contributed by atoms with Gasteiger partial charge in [-0.15, -0.1) is 0 Å². The Morgan fingerprint density at radius 1 is 0.938 bits per heavy atom. The summed E-state index contributed by atoms with van der Waals surface area (Å²) >= 11 is 0. The molecule has 0 aromatic heterocycles. The van der Waals surface area contributed by atoms with Crippen LogP contribution in [0.4, 0.5) is 5.69 Å². The average molecular weight is 439 g/mol. The molecule has 2 amide bonds. The van der Waals surface area contributed by atoms with Gasteiger partial charge in [0.1, 0.15) is 5.70 Å². The van der Waals surface area contributed by atoms with Gasteiger partial charge in [0.2, 0.25) is 0 Å². The third-order valence-corrected chi connectivity index (χ3v) is 5.24. The van der Waals surface area contributed by atoms with Crippen LogP contribution in [0.5, 0.6) is 11.5 Å². The molecule has 0 atom stereocenters. The quantitative estimate of drug-likeness (QED) is 0.527. The van der Waals surface area contributed by atoms with Gasteiger partial charge in [-0.1, -0.05) is 24.3 Å². The monoisotopic (exact) mass is 438 g/mol. The van der Waals surface area contributed by atoms with E-state index in [0.29, 0.717) is 34.9 Å². The molecule has 3 rings (SSSR count). The molecule has 7 nitrogen and oxygen atoms in total. The highest BCUT2D eigenvalue weighted by Crippen LogP contribution is 2.37. The van der Waals surface area contributed by atoms with Gasteiger partial charge in [0.25, 0.3) is 11.8 Å². The number of rotatable bonds is 10. The fourth-order valence-corrected chi connectivity index (χ4v) is 3.73. The summed E-state index contributed by atoms with van der Waals surface area (Å²) < 4.78 is 16.4. The Morgan fingerprint density at radius 3 is 2.22 bits per heavy atom. The van der Waals surface area contributed by atoms with E-state index in [1.807, 2.05) is 56.0 Å². The van der Waals surface area contributed by atoms with Crippen LogP contribution in [0.15, 0.2) is 54.2 Å². The van der Waals surface area contributed by atoms with Crippen molar-refractivity contribution in [2.75, 3.05) is 38.8 Å². The summed E-state index contributed by atoms with van der Waals surface area (Å²) in [6.45, 7) is 6.77. The van der Waals surface area contributed by atoms with Crippen LogP contribution >= 0.6 is 0 Å². The number of para-hydroxylation sites is 1. The van der Waals surface area contributed by atoms with Gasteiger partial charge in [-0.3, -0.25) is 14.5 Å². The first-order chi connectivity index (χ1) is 15.4. The number of hydrogen-bond acceptors (Lipinski definition) is 6. The molecule has 32 heavy (non-hydrogen) atoms. The van der Waals surface area contributed by atoms with Crippen LogP contribution in [0, 0.1) is 0 Å². The number of nitrogens with zero attached hydrogens (tertiary/aromatic N) is 2. The van der Waals surface area contributed by atoms with Crippen LogP contribution in [0.1, 0.15) is 26.3 Å². The van der Waals surface area contributed by atoms with Crippen molar-refractivity contribution in [2.24, 2.45) is 0 Å². The Labute approximate surface area is 189 Å². The van der Waals surface area contributed by atoms with Crippen LogP contribution in [-0.2, 0) is 14.3 Å². The number of carbonyl (C=O) groups excluding carboxylic acids is 2. The number of likely N-dealkylation sites (N-methyl/N-ethyl adjacent to an activating group) is 1. The predicted octanol–water partition coefficient (Wildman–Crippen LogP) is 3.74. The SMILES string of the molecule is CCN(C1=C(c2ccc(OC)c(OC)c2)C(=O)N(CCOC(C)C)C1=O)c1ccccc1. The minimum absolute atomic E-state index is 0.0111. The topological polar surface area (TPSA) is 68.3 Å². The van der Waals surface area contributed by atoms with E-state index in [1.165, 1.54) is 12.0 Å². The summed E-state index contributed by atoms with van der Waals surface area (Å²) in [6.07, 6.45) is 0.0111. The molecule has 0 unspecified atom stereocenters. The van der Waals surface area contributed by atoms with Crippen molar-refractivity contribution in [1.82, 2.24) is 4.90 Å². The molecule has 1 heterocycles. The van der Waals surface area contributed by atoms with Crippen molar-refractivity contribution in [2.45, 2.75) is 26.9 Å². The van der Waals surface area contributed by atoms with E-state index >= 15 is 0 Å². The maximum absolute atomic E-state index is 13.5. The lowest BCUT2D eigenvalue weighted by atomic mass is 10.0. The van der Waals surface area contributed by atoms with Crippen molar-refractivity contribution in [3.05, 3.63) is 59.8 Å². The van der Waals surface area contributed by atoms with Gasteiger partial charge in [0.05, 0.1) is 39.0 Å². The van der Waals surface area contributed by atoms with Gasteiger partial charge in [0.15, 0.2) is 11.5 Å². The van der Waals surface area contributed by atoms with Crippen LogP contribution in [0.2, 0.25) is 0 Å². The molecule has 0 N–H and O–H groups in total. The lowest BCUT2D eigenvalue weighted by Gasteiger charge is -2.25. The largest absolute Gasteiger partial charge is 0.493 e. The van der Waals surface area contributed by atoms with Crippen LogP contribution in [0.25, 0.3) is 5.57 Å². The summed E-state index contributed by atoms with van der Waals surface area (Å²) in [5, 5.41) is 0. The standard InChI is InChI=1S/C25H30N2O5/c1-6-26(19-10-8-7-9-11-19)23-22(18-12-13-20(30-4)21(16-18)31-5)24(28)27(25(23)29)14-15-32-17(2)3/h7-13,16-17H,6,14-15H2,1-5H3. The van der Waals surface area contributed by atoms with Crippen molar-refractivity contribution >= 4 is 23.1 Å². The zero-order valence-corrected chi connectivity index (χ0v) is 19.3. The second-order valence-electron chi connectivity index (χ2n) is 7.55. The van der Waals surface area contributed by atoms with Crippen molar-refractivity contribution in [3.63, 3.8) is 0 Å². The van der Waals surface area contributed by atoms with Gasteiger partial charge in [-0.2, -0.15) is 0 Å². The van der Waals surface area contributed by atoms with E-state index in [2.05, 4.69) is 0 Å². The maximum atomic E-state index is 13.5. The third-order valence-electron chi connectivity index (χ3n) is 5.24. The normalized spacial score (nSPS) is 13.9. The number of methoxy groups -OCH3 is 2. The van der Waals surface area contributed by atoms with E-state index in [0.717, 1.165) is 5.69 Å². The van der Waals surface area contributed by atoms with Crippen LogP contribution in [-0.4, -0.2) is 56.7 Å². The number of ether oxygens (including phenoxy) is 3. The smallest absolute Gasteiger partial charge is 0.278 e. The minimum atomic E-state index is -0.348. The molecular weight excluding hydrogens is 408 g/mol. The molecule has 0 saturated heterocycles. The molecule has 2 aromatic rings. The first kappa shape index (κ1) is 23.3. The van der Waals surface area contributed by atoms with E-state index in [1.54, 1.807) is 25.3 Å². The number of imide groups is 1. The number of carbonyl (C=O) groups is 2. The molecule has 2 aromatic carbocycles. The molecule has 0 aliphatic carbocycles. The number of amides is 2. The van der Waals surface area contributed by atoms with Crippen LogP contribution in [0.3, 0.4) is 0 Å². The summed E-state index contributed by atoms with van der Waals surface area (Å²) in [5.41, 5.74) is 2.12. The molecular formula is C25H30N2O5. The number of benzene rings is 2. The van der Waals surface area contributed by atoms with Gasteiger partial charge in [-0.25, -0.2) is 0 Å². The van der Waals surface area contributed by atoms with E-state index in [-0.39, 0.29) is 31.1 Å². The first-order valence-electron chi connectivity index (χ1n) is 10.7. The zero-order chi connectivity index (χ0) is 23.3. The summed E-state index contributed by atoms with van der Waals surface area (Å²) in [6, 6.07) is 14.8. The molecule has 0 spiro atoms. The second-order valence-corrected chi connectivity index (χ2v) is 7.55. The van der Waals surface area contributed by atoms with E-state index in [9.17, 15) is 9.59 Å². The first-order valence-corrected chi connectivity index (χ1v) is 10.7. The lowest BCUT2D eigenvalue weighted by molar-refractivity contribution is -0.138. The highest BCUT2D eigenvalue weighted by atomic mass is 16.5. The molecule has 7 heteroatoms. The van der Waals surface area contributed by atoms with Gasteiger partial charge in [-0.05, 0) is 50.6 Å². The van der Waals surface area contributed by atoms with Gasteiger partial charge < -0.3 is 19.1 Å².